The fourth-order valence-electron chi connectivity index (χ4n) is 8.75. The van der Waals surface area contributed by atoms with Gasteiger partial charge in [-0.3, -0.25) is 19.7 Å². The summed E-state index contributed by atoms with van der Waals surface area (Å²) in [4.78, 5) is 52.6. The van der Waals surface area contributed by atoms with Gasteiger partial charge >= 0.3 is 11.8 Å². The first-order valence-corrected chi connectivity index (χ1v) is 20.8. The van der Waals surface area contributed by atoms with Crippen LogP contribution in [0.3, 0.4) is 0 Å². The number of phenolic OH excluding ortho intramolecular Hbond substituents is 2. The number of aromatic hydroxyl groups is 2. The first kappa shape index (κ1) is 44.7. The van der Waals surface area contributed by atoms with Gasteiger partial charge in [-0.2, -0.15) is 0 Å². The minimum atomic E-state index is -1.97. The molecule has 17 nitrogen and oxygen atoms in total. The highest BCUT2D eigenvalue weighted by Gasteiger charge is 2.49. The number of phenols is 2. The molecule has 8 atom stereocenters. The van der Waals surface area contributed by atoms with Crippen molar-refractivity contribution in [2.24, 2.45) is 0 Å². The fraction of sp³-hybridized carbons (Fsp3) is 0.312. The summed E-state index contributed by atoms with van der Waals surface area (Å²) in [5.74, 6) is -2.61. The number of nitrogens with one attached hydrogen (secondary N) is 1. The summed E-state index contributed by atoms with van der Waals surface area (Å²) < 4.78 is 29.3. The van der Waals surface area contributed by atoms with Crippen LogP contribution in [0.2, 0.25) is 0 Å². The van der Waals surface area contributed by atoms with E-state index in [0.29, 0.717) is 11.3 Å². The lowest BCUT2D eigenvalue weighted by molar-refractivity contribution is -0.385. The van der Waals surface area contributed by atoms with Crippen molar-refractivity contribution in [2.75, 3.05) is 7.11 Å². The molecule has 5 aromatic carbocycles. The zero-order valence-corrected chi connectivity index (χ0v) is 35.6. The minimum Gasteiger partial charge on any atom is -0.507 e. The molecule has 0 radical (unpaired) electrons. The largest absolute Gasteiger partial charge is 0.507 e. The summed E-state index contributed by atoms with van der Waals surface area (Å²) in [6.45, 7) is 4.39. The van der Waals surface area contributed by atoms with Crippen molar-refractivity contribution in [2.45, 2.75) is 88.5 Å². The number of hydrogen-bond acceptors (Lipinski definition) is 15. The van der Waals surface area contributed by atoms with Gasteiger partial charge in [0.05, 0.1) is 58.7 Å². The Morgan fingerprint density at radius 2 is 1.60 bits per heavy atom. The number of nitro groups is 1. The summed E-state index contributed by atoms with van der Waals surface area (Å²) in [6.07, 6.45) is -9.28. The number of benzene rings is 5. The van der Waals surface area contributed by atoms with Gasteiger partial charge in [0.1, 0.15) is 35.2 Å². The molecule has 8 rings (SSSR count). The second kappa shape index (κ2) is 17.6. The van der Waals surface area contributed by atoms with Gasteiger partial charge in [-0.1, -0.05) is 54.6 Å². The number of ketones is 2. The topological polar surface area (TPSA) is 254 Å². The molecule has 1 amide bonds. The number of hydrogen-bond donors (Lipinski definition) is 6. The van der Waals surface area contributed by atoms with E-state index in [1.807, 2.05) is 42.5 Å². The second-order valence-corrected chi connectivity index (χ2v) is 16.4. The van der Waals surface area contributed by atoms with E-state index < -0.39 is 100 Å². The van der Waals surface area contributed by atoms with Gasteiger partial charge in [0.25, 0.3) is 0 Å². The number of rotatable bonds is 11. The van der Waals surface area contributed by atoms with Crippen LogP contribution in [0.25, 0.3) is 11.1 Å². The lowest BCUT2D eigenvalue weighted by Gasteiger charge is -2.44. The maximum atomic E-state index is 14.0. The summed E-state index contributed by atoms with van der Waals surface area (Å²) >= 11 is 0. The standard InChI is InChI=1S/C48H46N2O15/c1-23(28-15-18-33(50(59)60)35(19-28)64-29-16-13-27(14-17-29)26-9-6-5-7-10-26)63-47(57)49-32-20-37(62-24(2)42(32)52)65-36-22-48(58,25(3)51)21-31-39(36)46(56)41-40(44(31)54)43(53)30-11-8-12-34(61-4)38(30)45(41)55/h5-19,23-25,32,36-37,42,51-52,54,56,58H,20-22H2,1-4H3,(H,49,57)/t23?,24-,25-,32?,36-,37+,42?,48-/m0/s1. The van der Waals surface area contributed by atoms with E-state index in [-0.39, 0.29) is 52.3 Å². The SMILES string of the molecule is COc1cccc2c1C(=O)c1c(O)c3c(c(O)c1C2=O)C[C@@](O)([C@H](C)O)C[C@@H]3O[C@@H]1CC(NC(=O)OC(C)c2ccc([N+](=O)[O-])c(Oc3ccc(-c4ccccc4)cc3)c2)C(O)[C@H](C)O1. The maximum absolute atomic E-state index is 14.0. The number of nitro benzene ring substituents is 1. The smallest absolute Gasteiger partial charge is 0.408 e. The molecule has 6 N–H and O–H groups in total. The molecule has 0 saturated carbocycles. The quantitative estimate of drug-likeness (QED) is 0.0449. The van der Waals surface area contributed by atoms with E-state index in [9.17, 15) is 50.0 Å². The normalized spacial score (nSPS) is 23.3. The highest BCUT2D eigenvalue weighted by atomic mass is 16.7. The molecule has 0 bridgehead atoms. The number of ether oxygens (including phenoxy) is 5. The molecule has 17 heteroatoms. The first-order chi connectivity index (χ1) is 31.0. The Labute approximate surface area is 371 Å². The molecule has 1 saturated heterocycles. The molecule has 65 heavy (non-hydrogen) atoms. The number of fused-ring (bicyclic) bond motifs is 3. The Morgan fingerprint density at radius 3 is 2.28 bits per heavy atom. The van der Waals surface area contributed by atoms with Crippen LogP contribution < -0.4 is 14.8 Å². The van der Waals surface area contributed by atoms with E-state index in [4.69, 9.17) is 23.7 Å². The molecule has 3 unspecified atom stereocenters. The highest BCUT2D eigenvalue weighted by Crippen LogP contribution is 2.53. The van der Waals surface area contributed by atoms with Crippen molar-refractivity contribution in [1.29, 1.82) is 0 Å². The van der Waals surface area contributed by atoms with Crippen molar-refractivity contribution in [3.63, 3.8) is 0 Å². The van der Waals surface area contributed by atoms with Crippen LogP contribution in [-0.4, -0.2) is 91.5 Å². The molecule has 1 heterocycles. The molecular weight excluding hydrogens is 845 g/mol. The van der Waals surface area contributed by atoms with Crippen LogP contribution in [0.1, 0.15) is 94.4 Å². The Balaban J connectivity index is 1.00. The number of alkyl carbamates (subject to hydrolysis) is 1. The number of amides is 1. The predicted molar refractivity (Wildman–Crippen MR) is 230 cm³/mol. The van der Waals surface area contributed by atoms with Crippen molar-refractivity contribution in [1.82, 2.24) is 5.32 Å². The zero-order valence-electron chi connectivity index (χ0n) is 35.6. The number of nitrogens with zero attached hydrogens (tertiary/aromatic N) is 1. The number of aliphatic hydroxyl groups excluding tert-OH is 2. The second-order valence-electron chi connectivity index (χ2n) is 16.4. The van der Waals surface area contributed by atoms with Gasteiger partial charge in [-0.25, -0.2) is 4.79 Å². The minimum absolute atomic E-state index is 0.0620. The molecule has 5 aromatic rings. The summed E-state index contributed by atoms with van der Waals surface area (Å²) in [6, 6.07) is 24.0. The average molecular weight is 891 g/mol. The van der Waals surface area contributed by atoms with Crippen LogP contribution in [0.5, 0.6) is 28.7 Å². The van der Waals surface area contributed by atoms with Gasteiger partial charge < -0.3 is 54.5 Å². The summed E-state index contributed by atoms with van der Waals surface area (Å²) in [5.41, 5.74) is -1.43. The Hall–Kier alpha value is -6.89. The Kier molecular flexibility index (Phi) is 12.1. The maximum Gasteiger partial charge on any atom is 0.408 e. The zero-order chi connectivity index (χ0) is 46.5. The number of methoxy groups -OCH3 is 1. The average Bonchev–Trinajstić information content (AvgIpc) is 3.28. The van der Waals surface area contributed by atoms with Crippen molar-refractivity contribution < 1.29 is 68.5 Å². The fourth-order valence-corrected chi connectivity index (χ4v) is 8.75. The monoisotopic (exact) mass is 890 g/mol. The molecule has 3 aliphatic rings. The number of carbonyl (C=O) groups excluding carboxylic acids is 3. The molecule has 0 aromatic heterocycles. The first-order valence-electron chi connectivity index (χ1n) is 20.8. The highest BCUT2D eigenvalue weighted by molar-refractivity contribution is 6.31. The van der Waals surface area contributed by atoms with Crippen LogP contribution in [0.4, 0.5) is 10.5 Å². The van der Waals surface area contributed by atoms with Crippen molar-refractivity contribution in [3.05, 3.63) is 140 Å². The van der Waals surface area contributed by atoms with Gasteiger partial charge in [0.2, 0.25) is 11.5 Å². The lowest BCUT2D eigenvalue weighted by Crippen LogP contribution is -2.56. The van der Waals surface area contributed by atoms with E-state index in [2.05, 4.69) is 5.32 Å². The summed E-state index contributed by atoms with van der Waals surface area (Å²) in [7, 11) is 1.32. The van der Waals surface area contributed by atoms with E-state index >= 15 is 0 Å². The summed E-state index contributed by atoms with van der Waals surface area (Å²) in [5, 5.41) is 71.7. The molecule has 2 aliphatic carbocycles. The molecule has 338 valence electrons. The van der Waals surface area contributed by atoms with Crippen molar-refractivity contribution in [3.8, 4) is 39.9 Å². The van der Waals surface area contributed by atoms with Gasteiger partial charge in [-0.05, 0) is 67.8 Å². The Bertz CT molecular complexity index is 2690. The molecule has 0 spiro atoms. The van der Waals surface area contributed by atoms with Gasteiger partial charge in [0.15, 0.2) is 12.1 Å². The Morgan fingerprint density at radius 1 is 0.908 bits per heavy atom. The lowest BCUT2D eigenvalue weighted by atomic mass is 9.71. The molecule has 1 aliphatic heterocycles. The number of aliphatic hydroxyl groups is 3. The van der Waals surface area contributed by atoms with Crippen LogP contribution in [-0.2, 0) is 20.6 Å². The van der Waals surface area contributed by atoms with E-state index in [1.54, 1.807) is 19.1 Å². The molecular formula is C48H46N2O15. The van der Waals surface area contributed by atoms with E-state index in [1.165, 1.54) is 57.4 Å². The molecule has 1 fully saturated rings. The van der Waals surface area contributed by atoms with Gasteiger partial charge in [-0.15, -0.1) is 0 Å². The number of carbonyl (C=O) groups is 3. The third-order valence-corrected chi connectivity index (χ3v) is 12.3. The predicted octanol–water partition coefficient (Wildman–Crippen LogP) is 6.72. The third-order valence-electron chi connectivity index (χ3n) is 12.3. The van der Waals surface area contributed by atoms with Crippen molar-refractivity contribution >= 4 is 23.3 Å². The van der Waals surface area contributed by atoms with Crippen LogP contribution in [0, 0.1) is 10.1 Å². The van der Waals surface area contributed by atoms with Gasteiger partial charge in [0, 0.05) is 42.0 Å². The third kappa shape index (κ3) is 8.35. The van der Waals surface area contributed by atoms with Crippen LogP contribution in [0.15, 0.2) is 91.0 Å². The van der Waals surface area contributed by atoms with Crippen LogP contribution >= 0.6 is 0 Å². The van der Waals surface area contributed by atoms with E-state index in [0.717, 1.165) is 11.1 Å².